The van der Waals surface area contributed by atoms with Crippen molar-refractivity contribution < 1.29 is 0 Å². The summed E-state index contributed by atoms with van der Waals surface area (Å²) >= 11 is 0. The van der Waals surface area contributed by atoms with Gasteiger partial charge in [0.1, 0.15) is 0 Å². The van der Waals surface area contributed by atoms with Crippen LogP contribution in [0.1, 0.15) is 12.8 Å². The average molecular weight is 152 g/mol. The van der Waals surface area contributed by atoms with E-state index in [2.05, 4.69) is 22.4 Å². The van der Waals surface area contributed by atoms with Crippen molar-refractivity contribution in [2.24, 2.45) is 0 Å². The topological polar surface area (TPSA) is 15.3 Å². The van der Waals surface area contributed by atoms with Crippen molar-refractivity contribution in [3.8, 4) is 0 Å². The van der Waals surface area contributed by atoms with Gasteiger partial charge in [0.05, 0.1) is 0 Å². The molecule has 0 aromatic rings. The van der Waals surface area contributed by atoms with Crippen molar-refractivity contribution in [2.75, 3.05) is 26.2 Å². The van der Waals surface area contributed by atoms with E-state index in [1.165, 1.54) is 39.0 Å². The number of hydrogen-bond donors (Lipinski definition) is 1. The molecule has 1 fully saturated rings. The zero-order chi connectivity index (χ0) is 7.52. The van der Waals surface area contributed by atoms with Crippen molar-refractivity contribution in [1.29, 1.82) is 0 Å². The Bertz CT molecular complexity index is 148. The average Bonchev–Trinajstić information content (AvgIpc) is 2.58. The Labute approximate surface area is 68.3 Å². The second-order valence-electron chi connectivity index (χ2n) is 3.40. The summed E-state index contributed by atoms with van der Waals surface area (Å²) < 4.78 is 0. The number of rotatable bonds is 1. The molecule has 0 amide bonds. The van der Waals surface area contributed by atoms with Gasteiger partial charge in [-0.1, -0.05) is 12.2 Å². The Balaban J connectivity index is 1.88. The Hall–Kier alpha value is -0.340. The van der Waals surface area contributed by atoms with Crippen LogP contribution < -0.4 is 5.32 Å². The summed E-state index contributed by atoms with van der Waals surface area (Å²) in [4.78, 5) is 2.58. The Morgan fingerprint density at radius 2 is 2.36 bits per heavy atom. The molecule has 0 aromatic heterocycles. The van der Waals surface area contributed by atoms with Gasteiger partial charge in [-0.25, -0.2) is 0 Å². The summed E-state index contributed by atoms with van der Waals surface area (Å²) in [6.07, 6.45) is 7.17. The van der Waals surface area contributed by atoms with Gasteiger partial charge in [-0.15, -0.1) is 0 Å². The van der Waals surface area contributed by atoms with Gasteiger partial charge in [-0.05, 0) is 19.4 Å². The molecule has 11 heavy (non-hydrogen) atoms. The van der Waals surface area contributed by atoms with Crippen LogP contribution in [0.3, 0.4) is 0 Å². The van der Waals surface area contributed by atoms with Crippen LogP contribution in [0.4, 0.5) is 0 Å². The molecule has 1 unspecified atom stereocenters. The largest absolute Gasteiger partial charge is 0.315 e. The summed E-state index contributed by atoms with van der Waals surface area (Å²) in [6.45, 7) is 4.86. The Morgan fingerprint density at radius 3 is 3.00 bits per heavy atom. The van der Waals surface area contributed by atoms with Gasteiger partial charge in [-0.2, -0.15) is 0 Å². The van der Waals surface area contributed by atoms with E-state index in [0.29, 0.717) is 0 Å². The molecule has 0 radical (unpaired) electrons. The molecule has 2 aliphatic heterocycles. The van der Waals surface area contributed by atoms with Crippen LogP contribution in [0.5, 0.6) is 0 Å². The Kier molecular flexibility index (Phi) is 2.24. The fourth-order valence-corrected chi connectivity index (χ4v) is 1.94. The first-order valence-electron chi connectivity index (χ1n) is 4.56. The van der Waals surface area contributed by atoms with Crippen molar-refractivity contribution >= 4 is 0 Å². The van der Waals surface area contributed by atoms with E-state index >= 15 is 0 Å². The van der Waals surface area contributed by atoms with Crippen molar-refractivity contribution in [3.05, 3.63) is 12.2 Å². The summed E-state index contributed by atoms with van der Waals surface area (Å²) in [5, 5.41) is 3.40. The minimum absolute atomic E-state index is 0.819. The zero-order valence-electron chi connectivity index (χ0n) is 6.92. The van der Waals surface area contributed by atoms with E-state index < -0.39 is 0 Å². The zero-order valence-corrected chi connectivity index (χ0v) is 6.92. The van der Waals surface area contributed by atoms with E-state index in [4.69, 9.17) is 0 Å². The normalized spacial score (nSPS) is 32.9. The standard InChI is InChI=1S/C9H16N2/c1-2-6-11(7-3-1)9-4-5-10-8-9/h1-2,9-10H,3-8H2. The third kappa shape index (κ3) is 1.63. The van der Waals surface area contributed by atoms with Gasteiger partial charge in [0.2, 0.25) is 0 Å². The molecule has 2 rings (SSSR count). The highest BCUT2D eigenvalue weighted by Gasteiger charge is 2.21. The number of nitrogens with one attached hydrogen (secondary N) is 1. The minimum Gasteiger partial charge on any atom is -0.315 e. The molecule has 0 bridgehead atoms. The molecule has 2 heteroatoms. The lowest BCUT2D eigenvalue weighted by molar-refractivity contribution is 0.227. The van der Waals surface area contributed by atoms with Crippen LogP contribution in [0.2, 0.25) is 0 Å². The van der Waals surface area contributed by atoms with Crippen molar-refractivity contribution in [1.82, 2.24) is 10.2 Å². The van der Waals surface area contributed by atoms with Crippen LogP contribution in [-0.4, -0.2) is 37.1 Å². The maximum absolute atomic E-state index is 3.40. The lowest BCUT2D eigenvalue weighted by Gasteiger charge is -2.28. The lowest BCUT2D eigenvalue weighted by atomic mass is 10.1. The predicted molar refractivity (Wildman–Crippen MR) is 46.6 cm³/mol. The van der Waals surface area contributed by atoms with E-state index in [0.717, 1.165) is 6.04 Å². The molecule has 0 saturated carbocycles. The fraction of sp³-hybridized carbons (Fsp3) is 0.778. The number of nitrogens with zero attached hydrogens (tertiary/aromatic N) is 1. The minimum atomic E-state index is 0.819. The summed E-state index contributed by atoms with van der Waals surface area (Å²) in [5.74, 6) is 0. The highest BCUT2D eigenvalue weighted by Crippen LogP contribution is 2.11. The first-order valence-corrected chi connectivity index (χ1v) is 4.56. The van der Waals surface area contributed by atoms with E-state index in [9.17, 15) is 0 Å². The van der Waals surface area contributed by atoms with Crippen LogP contribution in [0.15, 0.2) is 12.2 Å². The monoisotopic (exact) mass is 152 g/mol. The molecule has 0 spiro atoms. The quantitative estimate of drug-likeness (QED) is 0.554. The molecular weight excluding hydrogens is 136 g/mol. The predicted octanol–water partition coefficient (Wildman–Crippen LogP) is 0.610. The highest BCUT2D eigenvalue weighted by molar-refractivity contribution is 4.94. The summed E-state index contributed by atoms with van der Waals surface area (Å²) in [7, 11) is 0. The third-order valence-electron chi connectivity index (χ3n) is 2.64. The molecule has 1 N–H and O–H groups in total. The van der Waals surface area contributed by atoms with Crippen molar-refractivity contribution in [2.45, 2.75) is 18.9 Å². The first-order chi connectivity index (χ1) is 5.47. The SMILES string of the molecule is C1=CCN(C2CCNC2)CC1. The van der Waals surface area contributed by atoms with Gasteiger partial charge >= 0.3 is 0 Å². The molecule has 1 saturated heterocycles. The molecule has 0 aliphatic carbocycles. The molecule has 2 aliphatic rings. The van der Waals surface area contributed by atoms with Crippen LogP contribution in [-0.2, 0) is 0 Å². The van der Waals surface area contributed by atoms with E-state index in [1.807, 2.05) is 0 Å². The van der Waals surface area contributed by atoms with Crippen LogP contribution in [0.25, 0.3) is 0 Å². The highest BCUT2D eigenvalue weighted by atomic mass is 15.2. The van der Waals surface area contributed by atoms with Crippen LogP contribution >= 0.6 is 0 Å². The molecule has 0 aromatic carbocycles. The fourth-order valence-electron chi connectivity index (χ4n) is 1.94. The third-order valence-corrected chi connectivity index (χ3v) is 2.64. The van der Waals surface area contributed by atoms with Crippen LogP contribution in [0, 0.1) is 0 Å². The maximum atomic E-state index is 3.40. The Morgan fingerprint density at radius 1 is 1.36 bits per heavy atom. The smallest absolute Gasteiger partial charge is 0.0236 e. The molecule has 2 nitrogen and oxygen atoms in total. The maximum Gasteiger partial charge on any atom is 0.0236 e. The van der Waals surface area contributed by atoms with Gasteiger partial charge in [0.25, 0.3) is 0 Å². The van der Waals surface area contributed by atoms with Gasteiger partial charge < -0.3 is 5.32 Å². The van der Waals surface area contributed by atoms with Gasteiger partial charge in [0.15, 0.2) is 0 Å². The van der Waals surface area contributed by atoms with E-state index in [-0.39, 0.29) is 0 Å². The summed E-state index contributed by atoms with van der Waals surface area (Å²) in [5.41, 5.74) is 0. The van der Waals surface area contributed by atoms with E-state index in [1.54, 1.807) is 0 Å². The summed E-state index contributed by atoms with van der Waals surface area (Å²) in [6, 6.07) is 0.819. The molecular formula is C9H16N2. The van der Waals surface area contributed by atoms with Crippen molar-refractivity contribution in [3.63, 3.8) is 0 Å². The van der Waals surface area contributed by atoms with Gasteiger partial charge in [-0.3, -0.25) is 4.90 Å². The second kappa shape index (κ2) is 3.37. The lowest BCUT2D eigenvalue weighted by Crippen LogP contribution is -2.38. The second-order valence-corrected chi connectivity index (χ2v) is 3.40. The molecule has 2 heterocycles. The number of hydrogen-bond acceptors (Lipinski definition) is 2. The molecule has 62 valence electrons. The first kappa shape index (κ1) is 7.32. The van der Waals surface area contributed by atoms with Gasteiger partial charge in [0, 0.05) is 25.7 Å². The molecule has 1 atom stereocenters.